The van der Waals surface area contributed by atoms with Crippen molar-refractivity contribution in [1.29, 1.82) is 0 Å². The minimum Gasteiger partial charge on any atom is -0.259 e. The minimum atomic E-state index is 0.150. The van der Waals surface area contributed by atoms with Crippen LogP contribution in [0.3, 0.4) is 0 Å². The summed E-state index contributed by atoms with van der Waals surface area (Å²) in [7, 11) is 0. The van der Waals surface area contributed by atoms with Crippen LogP contribution >= 0.6 is 0 Å². The second kappa shape index (κ2) is 8.36. The van der Waals surface area contributed by atoms with E-state index in [4.69, 9.17) is 0 Å². The Balaban J connectivity index is 1.64. The molecule has 2 unspecified atom stereocenters. The molecule has 1 aliphatic carbocycles. The van der Waals surface area contributed by atoms with E-state index in [1.807, 2.05) is 0 Å². The Bertz CT molecular complexity index is 1440. The first-order chi connectivity index (χ1) is 16.4. The lowest BCUT2D eigenvalue weighted by Crippen LogP contribution is -2.16. The Kier molecular flexibility index (Phi) is 4.93. The lowest BCUT2D eigenvalue weighted by molar-refractivity contribution is 0.753. The smallest absolute Gasteiger partial charge is 0.155 e. The number of nitrogens with zero attached hydrogens (tertiary/aromatic N) is 2. The molecule has 158 valence electrons. The first-order valence-corrected chi connectivity index (χ1v) is 11.3. The van der Waals surface area contributed by atoms with Crippen LogP contribution in [-0.4, -0.2) is 15.2 Å². The fourth-order valence-electron chi connectivity index (χ4n) is 5.02. The Morgan fingerprint density at radius 2 is 1.42 bits per heavy atom. The molecule has 0 radical (unpaired) electrons. The Morgan fingerprint density at radius 3 is 2.21 bits per heavy atom. The van der Waals surface area contributed by atoms with Gasteiger partial charge >= 0.3 is 0 Å². The SMILES string of the molecule is C1=C(c2ncn[nH]2)C=C(c2ccccc2)C(c2cccc3ccccc23)C1c1ccccc1. The van der Waals surface area contributed by atoms with Crippen molar-refractivity contribution in [3.05, 3.63) is 144 Å². The summed E-state index contributed by atoms with van der Waals surface area (Å²) in [6, 6.07) is 36.8. The molecule has 0 bridgehead atoms. The molecule has 0 saturated heterocycles. The lowest BCUT2D eigenvalue weighted by atomic mass is 9.70. The van der Waals surface area contributed by atoms with E-state index in [1.54, 1.807) is 6.33 Å². The number of allylic oxidation sites excluding steroid dienone is 4. The van der Waals surface area contributed by atoms with E-state index in [0.29, 0.717) is 0 Å². The maximum absolute atomic E-state index is 4.46. The van der Waals surface area contributed by atoms with E-state index < -0.39 is 0 Å². The molecule has 0 spiro atoms. The van der Waals surface area contributed by atoms with Gasteiger partial charge in [0, 0.05) is 17.4 Å². The Hall–Kier alpha value is -4.24. The van der Waals surface area contributed by atoms with E-state index >= 15 is 0 Å². The number of fused-ring (bicyclic) bond motifs is 1. The third-order valence-corrected chi connectivity index (χ3v) is 6.50. The van der Waals surface area contributed by atoms with Gasteiger partial charge in [0.15, 0.2) is 5.82 Å². The standard InChI is InChI=1S/C30H23N3/c1-3-10-22(11-4-1)27-18-24(30-31-20-32-33-30)19-28(23-12-5-2-6-13-23)29(27)26-17-9-15-21-14-7-8-16-25(21)26/h1-20,27,29H,(H,31,32,33). The van der Waals surface area contributed by atoms with Crippen molar-refractivity contribution in [3.63, 3.8) is 0 Å². The van der Waals surface area contributed by atoms with Crippen molar-refractivity contribution >= 4 is 21.9 Å². The quantitative estimate of drug-likeness (QED) is 0.337. The van der Waals surface area contributed by atoms with Crippen molar-refractivity contribution < 1.29 is 0 Å². The summed E-state index contributed by atoms with van der Waals surface area (Å²) in [6.45, 7) is 0. The fraction of sp³-hybridized carbons (Fsp3) is 0.0667. The van der Waals surface area contributed by atoms with Crippen LogP contribution in [-0.2, 0) is 0 Å². The fourth-order valence-corrected chi connectivity index (χ4v) is 5.02. The van der Waals surface area contributed by atoms with Crippen molar-refractivity contribution in [2.45, 2.75) is 11.8 Å². The zero-order valence-corrected chi connectivity index (χ0v) is 18.1. The molecule has 2 atom stereocenters. The predicted molar refractivity (Wildman–Crippen MR) is 135 cm³/mol. The average Bonchev–Trinajstić information content (AvgIpc) is 3.44. The molecular formula is C30H23N3. The van der Waals surface area contributed by atoms with Gasteiger partial charge in [0.2, 0.25) is 0 Å². The van der Waals surface area contributed by atoms with Gasteiger partial charge < -0.3 is 0 Å². The Labute approximate surface area is 193 Å². The molecule has 1 N–H and O–H groups in total. The molecule has 33 heavy (non-hydrogen) atoms. The summed E-state index contributed by atoms with van der Waals surface area (Å²) in [6.07, 6.45) is 6.19. The second-order valence-electron chi connectivity index (χ2n) is 8.40. The number of benzene rings is 4. The van der Waals surface area contributed by atoms with Crippen LogP contribution in [0.5, 0.6) is 0 Å². The number of aromatic nitrogens is 3. The zero-order chi connectivity index (χ0) is 22.0. The average molecular weight is 426 g/mol. The number of aromatic amines is 1. The van der Waals surface area contributed by atoms with Crippen molar-refractivity contribution in [2.75, 3.05) is 0 Å². The molecule has 1 heterocycles. The van der Waals surface area contributed by atoms with Crippen LogP contribution in [0.1, 0.15) is 34.4 Å². The maximum atomic E-state index is 4.46. The summed E-state index contributed by atoms with van der Waals surface area (Å²) < 4.78 is 0. The monoisotopic (exact) mass is 425 g/mol. The molecule has 0 fully saturated rings. The van der Waals surface area contributed by atoms with Gasteiger partial charge in [-0.25, -0.2) is 4.98 Å². The molecule has 4 aromatic carbocycles. The zero-order valence-electron chi connectivity index (χ0n) is 18.1. The van der Waals surface area contributed by atoms with Crippen LogP contribution in [0.4, 0.5) is 0 Å². The molecule has 1 aliphatic rings. The topological polar surface area (TPSA) is 41.6 Å². The number of rotatable bonds is 4. The van der Waals surface area contributed by atoms with Gasteiger partial charge in [0.25, 0.3) is 0 Å². The third-order valence-electron chi connectivity index (χ3n) is 6.50. The second-order valence-corrected chi connectivity index (χ2v) is 8.40. The van der Waals surface area contributed by atoms with Gasteiger partial charge in [-0.05, 0) is 39.1 Å². The van der Waals surface area contributed by atoms with E-state index in [2.05, 4.69) is 130 Å². The largest absolute Gasteiger partial charge is 0.259 e. The van der Waals surface area contributed by atoms with E-state index in [0.717, 1.165) is 11.4 Å². The number of H-pyrrole nitrogens is 1. The highest BCUT2D eigenvalue weighted by Gasteiger charge is 2.32. The van der Waals surface area contributed by atoms with Crippen LogP contribution in [0.25, 0.3) is 21.9 Å². The molecular weight excluding hydrogens is 402 g/mol. The highest BCUT2D eigenvalue weighted by Crippen LogP contribution is 2.50. The molecule has 1 aromatic heterocycles. The third kappa shape index (κ3) is 3.58. The normalized spacial score (nSPS) is 18.1. The van der Waals surface area contributed by atoms with Crippen LogP contribution in [0.2, 0.25) is 0 Å². The first kappa shape index (κ1) is 19.4. The summed E-state index contributed by atoms with van der Waals surface area (Å²) >= 11 is 0. The lowest BCUT2D eigenvalue weighted by Gasteiger charge is -2.33. The number of nitrogens with one attached hydrogen (secondary N) is 1. The van der Waals surface area contributed by atoms with Gasteiger partial charge in [-0.15, -0.1) is 0 Å². The number of hydrogen-bond acceptors (Lipinski definition) is 2. The van der Waals surface area contributed by atoms with E-state index in [1.165, 1.54) is 33.0 Å². The summed E-state index contributed by atoms with van der Waals surface area (Å²) in [5.41, 5.74) is 6.20. The summed E-state index contributed by atoms with van der Waals surface area (Å²) in [4.78, 5) is 4.46. The van der Waals surface area contributed by atoms with Crippen molar-refractivity contribution in [2.24, 2.45) is 0 Å². The van der Waals surface area contributed by atoms with E-state index in [9.17, 15) is 0 Å². The van der Waals surface area contributed by atoms with Gasteiger partial charge in [-0.1, -0.05) is 109 Å². The summed E-state index contributed by atoms with van der Waals surface area (Å²) in [5, 5.41) is 9.72. The van der Waals surface area contributed by atoms with E-state index in [-0.39, 0.29) is 11.8 Å². The van der Waals surface area contributed by atoms with Crippen molar-refractivity contribution in [1.82, 2.24) is 15.2 Å². The van der Waals surface area contributed by atoms with Crippen LogP contribution < -0.4 is 0 Å². The molecule has 5 aromatic rings. The molecule has 3 nitrogen and oxygen atoms in total. The van der Waals surface area contributed by atoms with Crippen LogP contribution in [0, 0.1) is 0 Å². The molecule has 0 amide bonds. The minimum absolute atomic E-state index is 0.150. The van der Waals surface area contributed by atoms with Crippen LogP contribution in [0.15, 0.2) is 122 Å². The Morgan fingerprint density at radius 1 is 0.697 bits per heavy atom. The molecule has 3 heteroatoms. The number of hydrogen-bond donors (Lipinski definition) is 1. The molecule has 0 saturated carbocycles. The summed E-state index contributed by atoms with van der Waals surface area (Å²) in [5.74, 6) is 1.10. The van der Waals surface area contributed by atoms with Gasteiger partial charge in [-0.3, -0.25) is 5.10 Å². The molecule has 0 aliphatic heterocycles. The molecule has 6 rings (SSSR count). The maximum Gasteiger partial charge on any atom is 0.155 e. The highest BCUT2D eigenvalue weighted by molar-refractivity contribution is 5.93. The highest BCUT2D eigenvalue weighted by atomic mass is 15.2. The van der Waals surface area contributed by atoms with Crippen molar-refractivity contribution in [3.8, 4) is 0 Å². The van der Waals surface area contributed by atoms with Gasteiger partial charge in [0.05, 0.1) is 0 Å². The predicted octanol–water partition coefficient (Wildman–Crippen LogP) is 7.01. The first-order valence-electron chi connectivity index (χ1n) is 11.3. The van der Waals surface area contributed by atoms with Gasteiger partial charge in [-0.2, -0.15) is 5.10 Å². The van der Waals surface area contributed by atoms with Gasteiger partial charge in [0.1, 0.15) is 6.33 Å².